The molecule has 2 fully saturated rings. The lowest BCUT2D eigenvalue weighted by atomic mass is 9.73. The number of rotatable bonds is 8. The molecule has 1 spiro atoms. The van der Waals surface area contributed by atoms with Gasteiger partial charge in [0.05, 0.1) is 19.0 Å². The first-order valence-electron chi connectivity index (χ1n) is 10.2. The molecule has 1 aromatic rings. The molecule has 1 unspecified atom stereocenters. The van der Waals surface area contributed by atoms with Crippen LogP contribution in [0.1, 0.15) is 63.9 Å². The predicted molar refractivity (Wildman–Crippen MR) is 105 cm³/mol. The van der Waals surface area contributed by atoms with Crippen molar-refractivity contribution in [2.45, 2.75) is 70.9 Å². The van der Waals surface area contributed by atoms with Gasteiger partial charge in [0.15, 0.2) is 0 Å². The Bertz CT molecular complexity index is 653. The van der Waals surface area contributed by atoms with E-state index >= 15 is 0 Å². The van der Waals surface area contributed by atoms with Gasteiger partial charge in [0.1, 0.15) is 0 Å². The fourth-order valence-corrected chi connectivity index (χ4v) is 6.54. The second kappa shape index (κ2) is 8.85. The van der Waals surface area contributed by atoms with E-state index in [1.54, 1.807) is 4.31 Å². The van der Waals surface area contributed by atoms with Crippen LogP contribution in [-0.4, -0.2) is 37.7 Å². The van der Waals surface area contributed by atoms with Crippen LogP contribution in [-0.2, 0) is 21.4 Å². The molecule has 1 atom stereocenters. The van der Waals surface area contributed by atoms with Crippen molar-refractivity contribution in [2.24, 2.45) is 5.41 Å². The van der Waals surface area contributed by atoms with Crippen molar-refractivity contribution in [1.82, 2.24) is 4.31 Å². The number of ether oxygens (including phenoxy) is 1. The highest BCUT2D eigenvalue weighted by molar-refractivity contribution is 7.89. The Kier molecular flexibility index (Phi) is 6.76. The maximum atomic E-state index is 12.9. The van der Waals surface area contributed by atoms with Crippen LogP contribution in [0.3, 0.4) is 0 Å². The van der Waals surface area contributed by atoms with Crippen molar-refractivity contribution >= 4 is 10.0 Å². The minimum Gasteiger partial charge on any atom is -0.375 e. The molecular formula is C21H33NO3S. The van der Waals surface area contributed by atoms with Gasteiger partial charge in [-0.25, -0.2) is 8.42 Å². The number of sulfonamides is 1. The molecule has 0 N–H and O–H groups in total. The third-order valence-corrected chi connectivity index (χ3v) is 7.96. The maximum Gasteiger partial charge on any atom is 0.214 e. The van der Waals surface area contributed by atoms with Crippen molar-refractivity contribution < 1.29 is 13.2 Å². The number of benzene rings is 1. The minimum atomic E-state index is -3.19. The van der Waals surface area contributed by atoms with Gasteiger partial charge in [0, 0.05) is 12.6 Å². The van der Waals surface area contributed by atoms with Gasteiger partial charge in [0.2, 0.25) is 10.0 Å². The summed E-state index contributed by atoms with van der Waals surface area (Å²) in [7, 11) is -3.19. The average Bonchev–Trinajstić information content (AvgIpc) is 3.00. The van der Waals surface area contributed by atoms with Crippen LogP contribution >= 0.6 is 0 Å². The smallest absolute Gasteiger partial charge is 0.214 e. The summed E-state index contributed by atoms with van der Waals surface area (Å²) in [5.41, 5.74) is 1.33. The van der Waals surface area contributed by atoms with Gasteiger partial charge in [-0.1, -0.05) is 62.9 Å². The molecule has 146 valence electrons. The van der Waals surface area contributed by atoms with Gasteiger partial charge in [0.25, 0.3) is 0 Å². The van der Waals surface area contributed by atoms with Crippen molar-refractivity contribution in [1.29, 1.82) is 0 Å². The quantitative estimate of drug-likeness (QED) is 0.674. The summed E-state index contributed by atoms with van der Waals surface area (Å²) < 4.78 is 33.6. The lowest BCUT2D eigenvalue weighted by Gasteiger charge is -2.33. The summed E-state index contributed by atoms with van der Waals surface area (Å²) in [6.45, 7) is 3.80. The lowest BCUT2D eigenvalue weighted by molar-refractivity contribution is 0.0854. The second-order valence-corrected chi connectivity index (χ2v) is 10.2. The zero-order chi connectivity index (χ0) is 18.5. The zero-order valence-corrected chi connectivity index (χ0v) is 16.8. The third kappa shape index (κ3) is 4.87. The Morgan fingerprint density at radius 1 is 1.15 bits per heavy atom. The predicted octanol–water partition coefficient (Wildman–Crippen LogP) is 4.36. The van der Waals surface area contributed by atoms with E-state index in [9.17, 15) is 8.42 Å². The monoisotopic (exact) mass is 379 g/mol. The molecule has 3 rings (SSSR count). The molecule has 1 aliphatic heterocycles. The van der Waals surface area contributed by atoms with Crippen LogP contribution in [0.4, 0.5) is 0 Å². The number of nitrogens with zero attached hydrogens (tertiary/aromatic N) is 1. The molecule has 4 nitrogen and oxygen atoms in total. The van der Waals surface area contributed by atoms with E-state index in [1.165, 1.54) is 32.1 Å². The van der Waals surface area contributed by atoms with E-state index in [0.717, 1.165) is 24.8 Å². The van der Waals surface area contributed by atoms with Crippen LogP contribution in [0.15, 0.2) is 30.3 Å². The summed E-state index contributed by atoms with van der Waals surface area (Å²) in [4.78, 5) is 0. The summed E-state index contributed by atoms with van der Waals surface area (Å²) in [5, 5.41) is 0. The average molecular weight is 380 g/mol. The molecule has 26 heavy (non-hydrogen) atoms. The van der Waals surface area contributed by atoms with Crippen LogP contribution in [0.2, 0.25) is 0 Å². The molecule has 2 aliphatic rings. The van der Waals surface area contributed by atoms with Crippen LogP contribution < -0.4 is 0 Å². The first-order chi connectivity index (χ1) is 12.5. The highest BCUT2D eigenvalue weighted by Crippen LogP contribution is 2.47. The molecule has 5 heteroatoms. The highest BCUT2D eigenvalue weighted by atomic mass is 32.2. The summed E-state index contributed by atoms with van der Waals surface area (Å²) in [6, 6.07) is 10.1. The lowest BCUT2D eigenvalue weighted by Crippen LogP contribution is -2.40. The maximum absolute atomic E-state index is 12.9. The fraction of sp³-hybridized carbons (Fsp3) is 0.714. The third-order valence-electron chi connectivity index (χ3n) is 6.02. The van der Waals surface area contributed by atoms with Crippen LogP contribution in [0.5, 0.6) is 0 Å². The van der Waals surface area contributed by atoms with Crippen molar-refractivity contribution in [2.75, 3.05) is 18.9 Å². The van der Waals surface area contributed by atoms with E-state index in [4.69, 9.17) is 4.74 Å². The summed E-state index contributed by atoms with van der Waals surface area (Å²) in [6.07, 6.45) is 8.72. The highest BCUT2D eigenvalue weighted by Gasteiger charge is 2.48. The SMILES string of the molecule is CCCCS(=O)(=O)N1CC2(CCCCC2)CC1COCc1ccccc1. The second-order valence-electron chi connectivity index (χ2n) is 8.13. The summed E-state index contributed by atoms with van der Waals surface area (Å²) in [5.74, 6) is 0.273. The van der Waals surface area contributed by atoms with E-state index in [2.05, 4.69) is 0 Å². The minimum absolute atomic E-state index is 0.00123. The van der Waals surface area contributed by atoms with Crippen LogP contribution in [0.25, 0.3) is 0 Å². The topological polar surface area (TPSA) is 46.6 Å². The van der Waals surface area contributed by atoms with Crippen LogP contribution in [0, 0.1) is 5.41 Å². The zero-order valence-electron chi connectivity index (χ0n) is 16.0. The normalized spacial score (nSPS) is 23.5. The number of unbranched alkanes of at least 4 members (excludes halogenated alkanes) is 1. The van der Waals surface area contributed by atoms with E-state index in [1.807, 2.05) is 37.3 Å². The molecule has 0 radical (unpaired) electrons. The van der Waals surface area contributed by atoms with Crippen molar-refractivity contribution in [3.05, 3.63) is 35.9 Å². The largest absolute Gasteiger partial charge is 0.375 e. The van der Waals surface area contributed by atoms with Gasteiger partial charge < -0.3 is 4.74 Å². The number of hydrogen-bond donors (Lipinski definition) is 0. The van der Waals surface area contributed by atoms with Crippen molar-refractivity contribution in [3.8, 4) is 0 Å². The molecule has 1 saturated carbocycles. The Morgan fingerprint density at radius 2 is 1.88 bits per heavy atom. The van der Waals surface area contributed by atoms with Gasteiger partial charge >= 0.3 is 0 Å². The standard InChI is InChI=1S/C21H33NO3S/c1-2-3-14-26(23,24)22-18-21(12-8-5-9-13-21)15-20(22)17-25-16-19-10-6-4-7-11-19/h4,6-7,10-11,20H,2-3,5,8-9,12-18H2,1H3. The Morgan fingerprint density at radius 3 is 2.58 bits per heavy atom. The molecule has 1 aliphatic carbocycles. The fourth-order valence-electron chi connectivity index (χ4n) is 4.59. The van der Waals surface area contributed by atoms with Gasteiger partial charge in [-0.2, -0.15) is 4.31 Å². The van der Waals surface area contributed by atoms with E-state index in [-0.39, 0.29) is 17.2 Å². The van der Waals surface area contributed by atoms with Gasteiger partial charge in [-0.05, 0) is 36.7 Å². The molecular weight excluding hydrogens is 346 g/mol. The van der Waals surface area contributed by atoms with Gasteiger partial charge in [-0.3, -0.25) is 0 Å². The Balaban J connectivity index is 1.66. The molecule has 0 aromatic heterocycles. The summed E-state index contributed by atoms with van der Waals surface area (Å²) >= 11 is 0. The Hall–Kier alpha value is -0.910. The molecule has 1 saturated heterocycles. The molecule has 0 amide bonds. The first kappa shape index (κ1) is 19.8. The van der Waals surface area contributed by atoms with E-state index in [0.29, 0.717) is 19.8 Å². The molecule has 0 bridgehead atoms. The van der Waals surface area contributed by atoms with E-state index < -0.39 is 10.0 Å². The number of hydrogen-bond acceptors (Lipinski definition) is 3. The Labute approximate surface area is 159 Å². The van der Waals surface area contributed by atoms with Gasteiger partial charge in [-0.15, -0.1) is 0 Å². The first-order valence-corrected chi connectivity index (χ1v) is 11.8. The molecule has 1 aromatic carbocycles. The van der Waals surface area contributed by atoms with Crippen molar-refractivity contribution in [3.63, 3.8) is 0 Å². The molecule has 1 heterocycles.